The highest BCUT2D eigenvalue weighted by molar-refractivity contribution is 7.92. The van der Waals surface area contributed by atoms with Crippen LogP contribution in [0.1, 0.15) is 0 Å². The molecule has 11 heteroatoms. The van der Waals surface area contributed by atoms with Crippen LogP contribution in [0, 0.1) is 5.82 Å². The van der Waals surface area contributed by atoms with Crippen molar-refractivity contribution in [1.82, 2.24) is 9.72 Å². The van der Waals surface area contributed by atoms with Gasteiger partial charge in [-0.05, 0) is 59.7 Å². The van der Waals surface area contributed by atoms with Gasteiger partial charge in [0.05, 0.1) is 30.3 Å². The van der Waals surface area contributed by atoms with Gasteiger partial charge in [0.25, 0.3) is 15.6 Å². The van der Waals surface area contributed by atoms with Gasteiger partial charge < -0.3 is 14.0 Å². The van der Waals surface area contributed by atoms with Gasteiger partial charge in [0.15, 0.2) is 5.82 Å². The second-order valence-electron chi connectivity index (χ2n) is 7.98. The third kappa shape index (κ3) is 4.64. The van der Waals surface area contributed by atoms with Gasteiger partial charge in [-0.15, -0.1) is 0 Å². The Balaban J connectivity index is 1.60. The number of pyridine rings is 1. The van der Waals surface area contributed by atoms with Gasteiger partial charge in [-0.2, -0.15) is 0 Å². The molecule has 1 N–H and O–H groups in total. The minimum Gasteiger partial charge on any atom is -0.497 e. The van der Waals surface area contributed by atoms with Crippen molar-refractivity contribution in [2.24, 2.45) is 0 Å². The van der Waals surface area contributed by atoms with Gasteiger partial charge in [-0.3, -0.25) is 14.1 Å². The highest BCUT2D eigenvalue weighted by atomic mass is 32.2. The minimum absolute atomic E-state index is 0.0180. The highest BCUT2D eigenvalue weighted by Gasteiger charge is 2.18. The van der Waals surface area contributed by atoms with Crippen LogP contribution in [-0.2, 0) is 10.0 Å². The second-order valence-corrected chi connectivity index (χ2v) is 9.67. The molecule has 188 valence electrons. The molecule has 3 aromatic carbocycles. The number of anilines is 1. The summed E-state index contributed by atoms with van der Waals surface area (Å²) in [5.74, 6) is 0.323. The predicted octanol–water partition coefficient (Wildman–Crippen LogP) is 4.60. The van der Waals surface area contributed by atoms with Crippen molar-refractivity contribution in [3.8, 4) is 28.3 Å². The summed E-state index contributed by atoms with van der Waals surface area (Å²) in [6.07, 6.45) is 1.25. The average molecular weight is 522 g/mol. The Morgan fingerprint density at radius 2 is 1.76 bits per heavy atom. The molecule has 0 atom stereocenters. The van der Waals surface area contributed by atoms with E-state index in [0.29, 0.717) is 39.2 Å². The summed E-state index contributed by atoms with van der Waals surface area (Å²) in [7, 11) is -1.03. The molecule has 0 amide bonds. The molecule has 2 aromatic heterocycles. The first-order valence-electron chi connectivity index (χ1n) is 10.9. The smallest absolute Gasteiger partial charge is 0.263 e. The van der Waals surface area contributed by atoms with E-state index in [4.69, 9.17) is 9.47 Å². The summed E-state index contributed by atoms with van der Waals surface area (Å²) in [5.41, 5.74) is 1.77. The molecule has 0 saturated heterocycles. The maximum atomic E-state index is 14.1. The van der Waals surface area contributed by atoms with Crippen LogP contribution in [0.25, 0.3) is 27.7 Å². The minimum atomic E-state index is -3.95. The number of aromatic nitrogens is 2. The lowest BCUT2D eigenvalue weighted by atomic mass is 10.0. The number of ether oxygens (including phenoxy) is 2. The quantitative estimate of drug-likeness (QED) is 0.333. The first-order chi connectivity index (χ1) is 17.8. The normalized spacial score (nSPS) is 11.4. The maximum Gasteiger partial charge on any atom is 0.263 e. The van der Waals surface area contributed by atoms with Crippen molar-refractivity contribution in [1.29, 1.82) is 0 Å². The highest BCUT2D eigenvalue weighted by Crippen LogP contribution is 2.33. The number of nitrogens with one attached hydrogen (secondary N) is 1. The molecule has 0 fully saturated rings. The van der Waals surface area contributed by atoms with Crippen LogP contribution in [0.3, 0.4) is 0 Å². The van der Waals surface area contributed by atoms with Gasteiger partial charge in [-0.1, -0.05) is 11.2 Å². The molecule has 0 bridgehead atoms. The molecule has 0 radical (unpaired) electrons. The van der Waals surface area contributed by atoms with E-state index in [1.807, 2.05) is 0 Å². The van der Waals surface area contributed by atoms with Gasteiger partial charge >= 0.3 is 0 Å². The zero-order valence-corrected chi connectivity index (χ0v) is 20.5. The molecule has 37 heavy (non-hydrogen) atoms. The van der Waals surface area contributed by atoms with E-state index in [9.17, 15) is 17.6 Å². The Morgan fingerprint density at radius 1 is 0.919 bits per heavy atom. The summed E-state index contributed by atoms with van der Waals surface area (Å²) >= 11 is 0. The lowest BCUT2D eigenvalue weighted by Crippen LogP contribution is -2.18. The monoisotopic (exact) mass is 521 g/mol. The van der Waals surface area contributed by atoms with Crippen molar-refractivity contribution in [2.75, 3.05) is 18.9 Å². The largest absolute Gasteiger partial charge is 0.497 e. The maximum absolute atomic E-state index is 14.1. The molecule has 0 aliphatic carbocycles. The Labute approximate surface area is 210 Å². The number of sulfonamides is 1. The fourth-order valence-corrected chi connectivity index (χ4v) is 5.02. The first kappa shape index (κ1) is 24.1. The Hall–Kier alpha value is -4.64. The molecule has 5 aromatic rings. The van der Waals surface area contributed by atoms with Crippen molar-refractivity contribution in [3.05, 3.63) is 95.2 Å². The summed E-state index contributed by atoms with van der Waals surface area (Å²) in [6, 6.07) is 18.1. The van der Waals surface area contributed by atoms with E-state index in [1.165, 1.54) is 61.4 Å². The van der Waals surface area contributed by atoms with Crippen LogP contribution in [-0.4, -0.2) is 32.4 Å². The van der Waals surface area contributed by atoms with E-state index in [1.54, 1.807) is 36.4 Å². The topological polar surface area (TPSA) is 113 Å². The summed E-state index contributed by atoms with van der Waals surface area (Å²) < 4.78 is 58.8. The van der Waals surface area contributed by atoms with Crippen LogP contribution in [0.2, 0.25) is 0 Å². The van der Waals surface area contributed by atoms with E-state index < -0.39 is 15.8 Å². The molecular weight excluding hydrogens is 501 g/mol. The molecule has 0 aliphatic rings. The lowest BCUT2D eigenvalue weighted by Gasteiger charge is -2.16. The second kappa shape index (κ2) is 9.43. The van der Waals surface area contributed by atoms with Crippen molar-refractivity contribution >= 4 is 26.7 Å². The SMILES string of the molecule is COc1cc(F)cc(-c2ccc(-n3c(=O)ccc4cc(S(=O)(=O)Nc5ccon5)ccc43)c(OC)c2)c1. The zero-order valence-electron chi connectivity index (χ0n) is 19.6. The van der Waals surface area contributed by atoms with Crippen molar-refractivity contribution in [2.45, 2.75) is 4.90 Å². The zero-order chi connectivity index (χ0) is 26.2. The third-order valence-corrected chi connectivity index (χ3v) is 7.07. The number of methoxy groups -OCH3 is 2. The summed E-state index contributed by atoms with van der Waals surface area (Å²) in [5, 5.41) is 4.07. The lowest BCUT2D eigenvalue weighted by molar-refractivity contribution is 0.411. The van der Waals surface area contributed by atoms with Crippen molar-refractivity contribution < 1.29 is 26.8 Å². The molecule has 0 aliphatic heterocycles. The van der Waals surface area contributed by atoms with E-state index >= 15 is 0 Å². The number of nitrogens with zero attached hydrogens (tertiary/aromatic N) is 2. The molecule has 0 saturated carbocycles. The Kier molecular flexibility index (Phi) is 6.14. The Bertz CT molecular complexity index is 1780. The number of benzene rings is 3. The van der Waals surface area contributed by atoms with Crippen LogP contribution in [0.4, 0.5) is 10.2 Å². The fraction of sp³-hybridized carbons (Fsp3) is 0.0769. The Morgan fingerprint density at radius 3 is 2.49 bits per heavy atom. The number of fused-ring (bicyclic) bond motifs is 1. The van der Waals surface area contributed by atoms with Gasteiger partial charge in [0.1, 0.15) is 23.6 Å². The first-order valence-corrected chi connectivity index (χ1v) is 12.4. The summed E-state index contributed by atoms with van der Waals surface area (Å²) in [6.45, 7) is 0. The molecule has 0 spiro atoms. The molecule has 0 unspecified atom stereocenters. The number of halogens is 1. The average Bonchev–Trinajstić information content (AvgIpc) is 3.40. The molecule has 5 rings (SSSR count). The molecule has 9 nitrogen and oxygen atoms in total. The standard InChI is InChI=1S/C26H20FN3O6S/c1-34-20-12-18(11-19(27)15-20)16-3-6-23(24(14-16)35-2)30-22-7-5-21(13-17(22)4-8-26(30)31)37(32,33)29-25-9-10-36-28-25/h3-15H,1-2H3,(H,28,29). The predicted molar refractivity (Wildman–Crippen MR) is 135 cm³/mol. The van der Waals surface area contributed by atoms with Gasteiger partial charge in [0.2, 0.25) is 0 Å². The fourth-order valence-electron chi connectivity index (χ4n) is 3.99. The van der Waals surface area contributed by atoms with Crippen LogP contribution in [0.5, 0.6) is 11.5 Å². The number of rotatable bonds is 7. The molecule has 2 heterocycles. The van der Waals surface area contributed by atoms with Crippen LogP contribution in [0.15, 0.2) is 93.3 Å². The van der Waals surface area contributed by atoms with Crippen LogP contribution < -0.4 is 19.8 Å². The third-order valence-electron chi connectivity index (χ3n) is 5.71. The van der Waals surface area contributed by atoms with Gasteiger partial charge in [-0.25, -0.2) is 12.8 Å². The van der Waals surface area contributed by atoms with E-state index in [2.05, 4.69) is 14.4 Å². The summed E-state index contributed by atoms with van der Waals surface area (Å²) in [4.78, 5) is 13.0. The van der Waals surface area contributed by atoms with E-state index in [-0.39, 0.29) is 16.3 Å². The van der Waals surface area contributed by atoms with E-state index in [0.717, 1.165) is 0 Å². The van der Waals surface area contributed by atoms with Crippen molar-refractivity contribution in [3.63, 3.8) is 0 Å². The van der Waals surface area contributed by atoms with Gasteiger partial charge in [0, 0.05) is 23.6 Å². The molecular formula is C26H20FN3O6S. The van der Waals surface area contributed by atoms with Crippen LogP contribution >= 0.6 is 0 Å². The number of hydrogen-bond donors (Lipinski definition) is 1. The number of hydrogen-bond acceptors (Lipinski definition) is 7.